The molecule has 0 aliphatic rings. The third-order valence-electron chi connectivity index (χ3n) is 0.606. The molecule has 8 heavy (non-hydrogen) atoms. The summed E-state index contributed by atoms with van der Waals surface area (Å²) in [7, 11) is 0. The Kier molecular flexibility index (Phi) is 13.1. The van der Waals surface area contributed by atoms with Crippen LogP contribution in [0.15, 0.2) is 12.7 Å². The fraction of sp³-hybridized carbons (Fsp3) is 0.333. The summed E-state index contributed by atoms with van der Waals surface area (Å²) in [6.07, 6.45) is 5.11. The van der Waals surface area contributed by atoms with Gasteiger partial charge in [0.2, 0.25) is 0 Å². The van der Waals surface area contributed by atoms with Crippen molar-refractivity contribution in [1.82, 2.24) is 0 Å². The number of hydrogen-bond donors (Lipinski definition) is 0. The van der Waals surface area contributed by atoms with Gasteiger partial charge in [0, 0.05) is 0 Å². The molecule has 0 aromatic rings. The van der Waals surface area contributed by atoms with E-state index in [1.165, 1.54) is 0 Å². The Hall–Kier alpha value is -0.303. The number of nitrogens with zero attached hydrogens (tertiary/aromatic N) is 1. The molecule has 0 atom stereocenters. The van der Waals surface area contributed by atoms with Crippen molar-refractivity contribution in [3.8, 4) is 6.07 Å². The van der Waals surface area contributed by atoms with Gasteiger partial charge < -0.3 is 0 Å². The second kappa shape index (κ2) is 9.85. The molecule has 0 aromatic heterocycles. The molecule has 0 aliphatic carbocycles. The van der Waals surface area contributed by atoms with Crippen molar-refractivity contribution in [2.75, 3.05) is 0 Å². The Bertz CT molecular complexity index is 83.0. The van der Waals surface area contributed by atoms with Crippen molar-refractivity contribution < 1.29 is 18.9 Å². The largest absolute Gasteiger partial charge is 1.00 e. The Labute approximate surface area is 62.6 Å². The van der Waals surface area contributed by atoms with E-state index in [4.69, 9.17) is 5.26 Å². The average molecular weight is 101 g/mol. The Morgan fingerprint density at radius 2 is 2.38 bits per heavy atom. The van der Waals surface area contributed by atoms with Crippen LogP contribution in [0.2, 0.25) is 0 Å². The second-order valence-corrected chi connectivity index (χ2v) is 1.20. The van der Waals surface area contributed by atoms with Crippen molar-refractivity contribution in [3.05, 3.63) is 19.1 Å². The molecule has 0 amide bonds. The van der Waals surface area contributed by atoms with Crippen molar-refractivity contribution in [3.63, 3.8) is 0 Å². The molecule has 0 saturated heterocycles. The molecule has 0 N–H and O–H groups in total. The SMILES string of the molecule is C=CCC[CH-]C#N.[Li+]. The van der Waals surface area contributed by atoms with Crippen LogP contribution in [0.4, 0.5) is 0 Å². The van der Waals surface area contributed by atoms with Gasteiger partial charge in [0.25, 0.3) is 0 Å². The molecule has 0 heterocycles. The first-order valence-electron chi connectivity index (χ1n) is 2.24. The van der Waals surface area contributed by atoms with Crippen LogP contribution in [0.1, 0.15) is 12.8 Å². The molecule has 0 radical (unpaired) electrons. The Morgan fingerprint density at radius 3 is 2.75 bits per heavy atom. The van der Waals surface area contributed by atoms with Gasteiger partial charge in [-0.3, -0.25) is 6.42 Å². The molecule has 0 fully saturated rings. The van der Waals surface area contributed by atoms with Gasteiger partial charge in [0.05, 0.1) is 0 Å². The molecule has 0 aromatic carbocycles. The summed E-state index contributed by atoms with van der Waals surface area (Å²) in [5.41, 5.74) is 0. The number of allylic oxidation sites excluding steroid dienone is 1. The van der Waals surface area contributed by atoms with Gasteiger partial charge in [-0.1, -0.05) is 12.5 Å². The summed E-state index contributed by atoms with van der Waals surface area (Å²) in [6.45, 7) is 3.50. The van der Waals surface area contributed by atoms with Crippen LogP contribution in [0, 0.1) is 17.8 Å². The monoisotopic (exact) mass is 101 g/mol. The molecular formula is C6H8LiN. The topological polar surface area (TPSA) is 23.8 Å². The van der Waals surface area contributed by atoms with E-state index in [0.29, 0.717) is 0 Å². The van der Waals surface area contributed by atoms with Crippen LogP contribution in [-0.2, 0) is 0 Å². The standard InChI is InChI=1S/C6H8N.Li/c1-2-3-4-5-6-7;/h2,5H,1,3-4H2;/q-1;+1. The molecule has 0 rings (SSSR count). The van der Waals surface area contributed by atoms with Crippen molar-refractivity contribution in [2.24, 2.45) is 0 Å². The molecule has 0 aliphatic heterocycles. The van der Waals surface area contributed by atoms with Crippen molar-refractivity contribution in [2.45, 2.75) is 12.8 Å². The van der Waals surface area contributed by atoms with E-state index in [1.54, 1.807) is 12.5 Å². The first-order chi connectivity index (χ1) is 3.41. The number of unbranched alkanes of at least 4 members (excludes halogenated alkanes) is 2. The van der Waals surface area contributed by atoms with Gasteiger partial charge in [-0.05, 0) is 0 Å². The minimum atomic E-state index is 0. The number of rotatable bonds is 3. The quantitative estimate of drug-likeness (QED) is 0.187. The van der Waals surface area contributed by atoms with Gasteiger partial charge in [0.15, 0.2) is 0 Å². The van der Waals surface area contributed by atoms with E-state index in [2.05, 4.69) is 6.58 Å². The van der Waals surface area contributed by atoms with Crippen LogP contribution in [0.3, 0.4) is 0 Å². The smallest absolute Gasteiger partial charge is 0.291 e. The van der Waals surface area contributed by atoms with Crippen molar-refractivity contribution in [1.29, 1.82) is 5.26 Å². The molecule has 1 nitrogen and oxygen atoms in total. The number of hydrogen-bond acceptors (Lipinski definition) is 1. The maximum atomic E-state index is 7.95. The normalized spacial score (nSPS) is 5.88. The van der Waals surface area contributed by atoms with Gasteiger partial charge in [-0.25, -0.2) is 5.26 Å². The van der Waals surface area contributed by atoms with Crippen molar-refractivity contribution >= 4 is 0 Å². The summed E-state index contributed by atoms with van der Waals surface area (Å²) < 4.78 is 0. The molecule has 2 heteroatoms. The predicted molar refractivity (Wildman–Crippen MR) is 29.3 cm³/mol. The first-order valence-corrected chi connectivity index (χ1v) is 2.24. The zero-order valence-electron chi connectivity index (χ0n) is 5.22. The summed E-state index contributed by atoms with van der Waals surface area (Å²) in [5.74, 6) is 0. The van der Waals surface area contributed by atoms with Crippen LogP contribution in [-0.4, -0.2) is 0 Å². The summed E-state index contributed by atoms with van der Waals surface area (Å²) in [6, 6.07) is 1.93. The van der Waals surface area contributed by atoms with Gasteiger partial charge in [0.1, 0.15) is 0 Å². The first kappa shape index (κ1) is 10.6. The van der Waals surface area contributed by atoms with Crippen LogP contribution in [0.25, 0.3) is 0 Å². The third-order valence-corrected chi connectivity index (χ3v) is 0.606. The fourth-order valence-electron chi connectivity index (χ4n) is 0.266. The van der Waals surface area contributed by atoms with Gasteiger partial charge in [-0.2, -0.15) is 6.42 Å². The predicted octanol–water partition coefficient (Wildman–Crippen LogP) is -1.32. The fourth-order valence-corrected chi connectivity index (χ4v) is 0.266. The summed E-state index contributed by atoms with van der Waals surface area (Å²) >= 11 is 0. The van der Waals surface area contributed by atoms with E-state index in [1.807, 2.05) is 6.07 Å². The maximum absolute atomic E-state index is 7.95. The minimum Gasteiger partial charge on any atom is -0.291 e. The molecule has 0 bridgehead atoms. The van der Waals surface area contributed by atoms with Crippen LogP contribution in [0.5, 0.6) is 0 Å². The molecule has 0 unspecified atom stereocenters. The van der Waals surface area contributed by atoms with E-state index < -0.39 is 0 Å². The third kappa shape index (κ3) is 9.20. The van der Waals surface area contributed by atoms with Crippen LogP contribution >= 0.6 is 0 Å². The van der Waals surface area contributed by atoms with Gasteiger partial charge >= 0.3 is 18.9 Å². The Balaban J connectivity index is 0. The van der Waals surface area contributed by atoms with E-state index >= 15 is 0 Å². The Morgan fingerprint density at radius 1 is 1.75 bits per heavy atom. The van der Waals surface area contributed by atoms with Gasteiger partial charge in [-0.15, -0.1) is 12.6 Å². The molecular weight excluding hydrogens is 93.0 g/mol. The summed E-state index contributed by atoms with van der Waals surface area (Å²) in [4.78, 5) is 0. The molecule has 0 spiro atoms. The summed E-state index contributed by atoms with van der Waals surface area (Å²) in [5, 5.41) is 7.95. The molecule has 0 saturated carbocycles. The van der Waals surface area contributed by atoms with Crippen LogP contribution < -0.4 is 18.9 Å². The maximum Gasteiger partial charge on any atom is 1.00 e. The molecule has 38 valence electrons. The van der Waals surface area contributed by atoms with E-state index in [9.17, 15) is 0 Å². The second-order valence-electron chi connectivity index (χ2n) is 1.20. The zero-order chi connectivity index (χ0) is 5.54. The average Bonchev–Trinajstić information content (AvgIpc) is 1.69. The number of nitriles is 1. The van der Waals surface area contributed by atoms with E-state index in [-0.39, 0.29) is 18.9 Å². The van der Waals surface area contributed by atoms with E-state index in [0.717, 1.165) is 12.8 Å². The zero-order valence-corrected chi connectivity index (χ0v) is 5.22. The minimum absolute atomic E-state index is 0.